The Balaban J connectivity index is 1.83. The molecule has 0 saturated heterocycles. The first-order chi connectivity index (χ1) is 9.78. The van der Waals surface area contributed by atoms with Gasteiger partial charge in [-0.25, -0.2) is 0 Å². The first kappa shape index (κ1) is 15.0. The summed E-state index contributed by atoms with van der Waals surface area (Å²) in [5, 5.41) is 10.6. The van der Waals surface area contributed by atoms with Crippen molar-refractivity contribution >= 4 is 34.7 Å². The van der Waals surface area contributed by atoms with Gasteiger partial charge < -0.3 is 10.1 Å². The van der Waals surface area contributed by atoms with Gasteiger partial charge >= 0.3 is 0 Å². The fourth-order valence-electron chi connectivity index (χ4n) is 1.52. The van der Waals surface area contributed by atoms with E-state index in [0.717, 1.165) is 21.3 Å². The maximum absolute atomic E-state index is 11.6. The fourth-order valence-corrected chi connectivity index (χ4v) is 2.97. The highest BCUT2D eigenvalue weighted by Crippen LogP contribution is 2.29. The van der Waals surface area contributed by atoms with Crippen molar-refractivity contribution in [3.05, 3.63) is 29.8 Å². The molecule has 1 aromatic heterocycles. The number of rotatable bonds is 7. The highest BCUT2D eigenvalue weighted by molar-refractivity contribution is 8.01. The highest BCUT2D eigenvalue weighted by atomic mass is 32.2. The molecule has 0 unspecified atom stereocenters. The van der Waals surface area contributed by atoms with Gasteiger partial charge in [-0.3, -0.25) is 4.79 Å². The zero-order valence-corrected chi connectivity index (χ0v) is 12.7. The molecule has 106 valence electrons. The van der Waals surface area contributed by atoms with Crippen LogP contribution in [-0.4, -0.2) is 29.8 Å². The molecule has 20 heavy (non-hydrogen) atoms. The zero-order valence-electron chi connectivity index (χ0n) is 11.0. The maximum Gasteiger partial charge on any atom is 0.224 e. The summed E-state index contributed by atoms with van der Waals surface area (Å²) < 4.78 is 5.82. The molecule has 7 heteroatoms. The van der Waals surface area contributed by atoms with Crippen LogP contribution in [0.25, 0.3) is 0 Å². The first-order valence-electron chi connectivity index (χ1n) is 6.11. The molecule has 0 aliphatic rings. The van der Waals surface area contributed by atoms with E-state index in [0.29, 0.717) is 13.0 Å². The molecule has 0 radical (unpaired) electrons. The summed E-state index contributed by atoms with van der Waals surface area (Å²) in [5.41, 5.74) is 2.51. The number of anilines is 1. The van der Waals surface area contributed by atoms with E-state index in [2.05, 4.69) is 15.5 Å². The molecule has 1 aromatic carbocycles. The van der Waals surface area contributed by atoms with Crippen LogP contribution < -0.4 is 5.32 Å². The van der Waals surface area contributed by atoms with Crippen molar-refractivity contribution in [1.82, 2.24) is 10.2 Å². The number of carbonyl (C=O) groups excluding carboxylic acids is 1. The molecule has 0 atom stereocenters. The lowest BCUT2D eigenvalue weighted by Crippen LogP contribution is -2.11. The van der Waals surface area contributed by atoms with Crippen LogP contribution in [0, 0.1) is 0 Å². The highest BCUT2D eigenvalue weighted by Gasteiger charge is 2.04. The lowest BCUT2D eigenvalue weighted by molar-refractivity contribution is -0.116. The fraction of sp³-hybridized carbons (Fsp3) is 0.308. The van der Waals surface area contributed by atoms with Crippen molar-refractivity contribution in [3.8, 4) is 0 Å². The van der Waals surface area contributed by atoms with Crippen LogP contribution in [0.4, 0.5) is 5.69 Å². The molecule has 2 rings (SSSR count). The molecule has 1 amide bonds. The lowest BCUT2D eigenvalue weighted by Gasteiger charge is -2.05. The first-order valence-corrected chi connectivity index (χ1v) is 7.80. The van der Waals surface area contributed by atoms with E-state index >= 15 is 0 Å². The van der Waals surface area contributed by atoms with Gasteiger partial charge in [-0.15, -0.1) is 10.2 Å². The maximum atomic E-state index is 11.6. The van der Waals surface area contributed by atoms with Crippen molar-refractivity contribution < 1.29 is 9.53 Å². The smallest absolute Gasteiger partial charge is 0.224 e. The summed E-state index contributed by atoms with van der Waals surface area (Å²) in [6.07, 6.45) is 1.20. The number of amides is 1. The minimum absolute atomic E-state index is 0.00609. The van der Waals surface area contributed by atoms with Crippen molar-refractivity contribution in [2.75, 3.05) is 19.0 Å². The standard InChI is InChI=1S/C13H15N3O2S2/c1-18-8-2-3-12(17)15-10-4-6-11(7-5-10)20-13-16-14-9-19-13/h4-7,9H,2-3,8H2,1H3,(H,15,17). The molecule has 0 spiro atoms. The van der Waals surface area contributed by atoms with Gasteiger partial charge in [0, 0.05) is 30.7 Å². The second kappa shape index (κ2) is 7.98. The van der Waals surface area contributed by atoms with Gasteiger partial charge in [-0.05, 0) is 30.7 Å². The number of hydrogen-bond acceptors (Lipinski definition) is 6. The van der Waals surface area contributed by atoms with Gasteiger partial charge in [-0.2, -0.15) is 0 Å². The van der Waals surface area contributed by atoms with Gasteiger partial charge in [0.2, 0.25) is 5.91 Å². The number of aromatic nitrogens is 2. The summed E-state index contributed by atoms with van der Waals surface area (Å²) in [7, 11) is 1.63. The molecule has 1 heterocycles. The number of nitrogens with zero attached hydrogens (tertiary/aromatic N) is 2. The van der Waals surface area contributed by atoms with Crippen LogP contribution in [0.1, 0.15) is 12.8 Å². The average molecular weight is 309 g/mol. The second-order valence-electron chi connectivity index (χ2n) is 3.98. The Hall–Kier alpha value is -1.44. The molecule has 0 bridgehead atoms. The minimum Gasteiger partial charge on any atom is -0.385 e. The van der Waals surface area contributed by atoms with Crippen molar-refractivity contribution in [3.63, 3.8) is 0 Å². The van der Waals surface area contributed by atoms with Gasteiger partial charge in [-0.1, -0.05) is 23.1 Å². The van der Waals surface area contributed by atoms with Crippen LogP contribution in [-0.2, 0) is 9.53 Å². The van der Waals surface area contributed by atoms with E-state index in [9.17, 15) is 4.79 Å². The van der Waals surface area contributed by atoms with E-state index in [1.165, 1.54) is 11.3 Å². The summed E-state index contributed by atoms with van der Waals surface area (Å²) in [6.45, 7) is 0.602. The Labute approximate surface area is 125 Å². The molecule has 0 saturated carbocycles. The van der Waals surface area contributed by atoms with Crippen LogP contribution in [0.2, 0.25) is 0 Å². The Kier molecular flexibility index (Phi) is 5.97. The predicted molar refractivity (Wildman–Crippen MR) is 80.2 cm³/mol. The lowest BCUT2D eigenvalue weighted by atomic mass is 10.2. The number of ether oxygens (including phenoxy) is 1. The Morgan fingerprint density at radius 1 is 1.40 bits per heavy atom. The normalized spacial score (nSPS) is 10.4. The van der Waals surface area contributed by atoms with Gasteiger partial charge in [0.1, 0.15) is 5.51 Å². The van der Waals surface area contributed by atoms with E-state index in [-0.39, 0.29) is 5.91 Å². The summed E-state index contributed by atoms with van der Waals surface area (Å²) in [5.74, 6) is 0.00609. The molecule has 5 nitrogen and oxygen atoms in total. The van der Waals surface area contributed by atoms with E-state index < -0.39 is 0 Å². The summed E-state index contributed by atoms with van der Waals surface area (Å²) >= 11 is 3.06. The summed E-state index contributed by atoms with van der Waals surface area (Å²) in [4.78, 5) is 12.7. The van der Waals surface area contributed by atoms with Gasteiger partial charge in [0.25, 0.3) is 0 Å². The molecule has 0 fully saturated rings. The average Bonchev–Trinajstić information content (AvgIpc) is 2.94. The largest absolute Gasteiger partial charge is 0.385 e. The Morgan fingerprint density at radius 2 is 2.20 bits per heavy atom. The summed E-state index contributed by atoms with van der Waals surface area (Å²) in [6, 6.07) is 7.68. The van der Waals surface area contributed by atoms with Crippen molar-refractivity contribution in [2.45, 2.75) is 22.1 Å². The Morgan fingerprint density at radius 3 is 2.85 bits per heavy atom. The third-order valence-corrected chi connectivity index (χ3v) is 4.22. The number of methoxy groups -OCH3 is 1. The topological polar surface area (TPSA) is 64.1 Å². The third-order valence-electron chi connectivity index (χ3n) is 2.44. The van der Waals surface area contributed by atoms with E-state index in [1.807, 2.05) is 24.3 Å². The molecule has 0 aliphatic heterocycles. The van der Waals surface area contributed by atoms with Crippen LogP contribution in [0.3, 0.4) is 0 Å². The predicted octanol–water partition coefficient (Wildman–Crippen LogP) is 3.05. The minimum atomic E-state index is 0.00609. The van der Waals surface area contributed by atoms with E-state index in [4.69, 9.17) is 4.74 Å². The zero-order chi connectivity index (χ0) is 14.2. The second-order valence-corrected chi connectivity index (χ2v) is 6.13. The van der Waals surface area contributed by atoms with Crippen LogP contribution in [0.15, 0.2) is 39.0 Å². The quantitative estimate of drug-likeness (QED) is 0.796. The van der Waals surface area contributed by atoms with Crippen molar-refractivity contribution in [1.29, 1.82) is 0 Å². The van der Waals surface area contributed by atoms with E-state index in [1.54, 1.807) is 24.4 Å². The van der Waals surface area contributed by atoms with Crippen LogP contribution >= 0.6 is 23.1 Å². The number of benzene rings is 1. The molecule has 1 N–H and O–H groups in total. The van der Waals surface area contributed by atoms with Gasteiger partial charge in [0.15, 0.2) is 4.34 Å². The SMILES string of the molecule is COCCCC(=O)Nc1ccc(Sc2nncs2)cc1. The molecule has 2 aromatic rings. The molecular weight excluding hydrogens is 294 g/mol. The number of carbonyl (C=O) groups is 1. The molecule has 0 aliphatic carbocycles. The Bertz CT molecular complexity index is 529. The molecular formula is C13H15N3O2S2. The number of hydrogen-bond donors (Lipinski definition) is 1. The van der Waals surface area contributed by atoms with Crippen molar-refractivity contribution in [2.24, 2.45) is 0 Å². The third kappa shape index (κ3) is 4.92. The monoisotopic (exact) mass is 309 g/mol. The number of nitrogens with one attached hydrogen (secondary N) is 1. The van der Waals surface area contributed by atoms with Gasteiger partial charge in [0.05, 0.1) is 0 Å². The van der Waals surface area contributed by atoms with Crippen LogP contribution in [0.5, 0.6) is 0 Å².